The van der Waals surface area contributed by atoms with Crippen LogP contribution in [0.4, 0.5) is 5.69 Å². The van der Waals surface area contributed by atoms with Gasteiger partial charge in [-0.05, 0) is 30.5 Å². The smallest absolute Gasteiger partial charge is 0.261 e. The molecule has 1 heterocycles. The van der Waals surface area contributed by atoms with Crippen molar-refractivity contribution in [1.29, 1.82) is 0 Å². The number of amides is 2. The third-order valence-corrected chi connectivity index (χ3v) is 4.06. The molecule has 0 aliphatic carbocycles. The van der Waals surface area contributed by atoms with Gasteiger partial charge in [0.25, 0.3) is 5.91 Å². The molecule has 0 radical (unpaired) electrons. The fraction of sp³-hybridized carbons (Fsp3) is 0.312. The molecule has 0 bridgehead atoms. The number of benzene rings is 1. The number of aryl methyl sites for hydroxylation is 1. The molecule has 0 aliphatic rings. The van der Waals surface area contributed by atoms with E-state index < -0.39 is 0 Å². The summed E-state index contributed by atoms with van der Waals surface area (Å²) in [7, 11) is 4.71. The summed E-state index contributed by atoms with van der Waals surface area (Å²) >= 11 is 1.63. The van der Waals surface area contributed by atoms with Gasteiger partial charge in [0.1, 0.15) is 5.56 Å². The summed E-state index contributed by atoms with van der Waals surface area (Å²) in [5.41, 5.74) is 1.01. The number of carbonyl (C=O) groups is 2. The van der Waals surface area contributed by atoms with E-state index in [2.05, 4.69) is 10.4 Å². The number of rotatable bonds is 6. The molecule has 1 aromatic heterocycles. The van der Waals surface area contributed by atoms with E-state index in [1.165, 1.54) is 16.7 Å². The van der Waals surface area contributed by atoms with Gasteiger partial charge < -0.3 is 15.0 Å². The Kier molecular flexibility index (Phi) is 5.86. The first kappa shape index (κ1) is 17.9. The molecule has 2 aromatic rings. The first-order valence-electron chi connectivity index (χ1n) is 7.21. The lowest BCUT2D eigenvalue weighted by atomic mass is 10.3. The number of nitrogens with one attached hydrogen (secondary N) is 1. The molecular formula is C16H20N4O3S. The van der Waals surface area contributed by atoms with Crippen molar-refractivity contribution in [3.8, 4) is 5.88 Å². The predicted octanol–water partition coefficient (Wildman–Crippen LogP) is 1.86. The lowest BCUT2D eigenvalue weighted by Gasteiger charge is -2.16. The van der Waals surface area contributed by atoms with Crippen LogP contribution in [-0.4, -0.2) is 53.5 Å². The summed E-state index contributed by atoms with van der Waals surface area (Å²) < 4.78 is 6.57. The van der Waals surface area contributed by atoms with E-state index in [1.54, 1.807) is 32.1 Å². The summed E-state index contributed by atoms with van der Waals surface area (Å²) in [5.74, 6) is -0.360. The van der Waals surface area contributed by atoms with Crippen molar-refractivity contribution < 1.29 is 14.3 Å². The van der Waals surface area contributed by atoms with E-state index in [0.717, 1.165) is 4.90 Å². The molecular weight excluding hydrogens is 328 g/mol. The molecule has 1 aromatic carbocycles. The minimum Gasteiger partial charge on any atom is -0.479 e. The monoisotopic (exact) mass is 348 g/mol. The van der Waals surface area contributed by atoms with Crippen LogP contribution in [-0.2, 0) is 11.8 Å². The molecule has 0 saturated heterocycles. The van der Waals surface area contributed by atoms with Gasteiger partial charge in [0.05, 0.1) is 13.7 Å². The first-order chi connectivity index (χ1) is 11.4. The summed E-state index contributed by atoms with van der Waals surface area (Å²) in [5, 5.41) is 6.81. The Labute approximate surface area is 145 Å². The fourth-order valence-electron chi connectivity index (χ4n) is 2.13. The molecule has 0 saturated carbocycles. The van der Waals surface area contributed by atoms with E-state index >= 15 is 0 Å². The Hall–Kier alpha value is -2.48. The molecule has 0 fully saturated rings. The number of carbonyl (C=O) groups excluding carboxylic acids is 2. The number of aromatic nitrogens is 2. The van der Waals surface area contributed by atoms with Crippen LogP contribution in [0.5, 0.6) is 5.88 Å². The molecule has 128 valence electrons. The second-order valence-corrected chi connectivity index (χ2v) is 6.04. The number of nitrogens with zero attached hydrogens (tertiary/aromatic N) is 3. The molecule has 1 N–H and O–H groups in total. The van der Waals surface area contributed by atoms with Crippen LogP contribution in [0.25, 0.3) is 0 Å². The van der Waals surface area contributed by atoms with Gasteiger partial charge in [-0.1, -0.05) is 0 Å². The Morgan fingerprint density at radius 2 is 2.00 bits per heavy atom. The summed E-state index contributed by atoms with van der Waals surface area (Å²) in [4.78, 5) is 27.0. The third kappa shape index (κ3) is 4.29. The number of likely N-dealkylation sites (N-methyl/N-ethyl adjacent to an activating group) is 1. The van der Waals surface area contributed by atoms with Crippen LogP contribution in [0, 0.1) is 0 Å². The van der Waals surface area contributed by atoms with Gasteiger partial charge in [0.2, 0.25) is 11.8 Å². The highest BCUT2D eigenvalue weighted by atomic mass is 32.2. The average Bonchev–Trinajstić information content (AvgIpc) is 2.95. The standard InChI is InChI=1S/C16H20N4O3S/c1-19(16(22)13-9-20(2)18-15(13)23-3)10-14(21)17-11-5-7-12(24-4)8-6-11/h5-9H,10H2,1-4H3,(H,17,21). The maximum atomic E-state index is 12.4. The first-order valence-corrected chi connectivity index (χ1v) is 8.44. The molecule has 24 heavy (non-hydrogen) atoms. The van der Waals surface area contributed by atoms with E-state index in [-0.39, 0.29) is 24.2 Å². The molecule has 7 nitrogen and oxygen atoms in total. The van der Waals surface area contributed by atoms with Gasteiger partial charge in [-0.3, -0.25) is 14.3 Å². The maximum Gasteiger partial charge on any atom is 0.261 e. The lowest BCUT2D eigenvalue weighted by molar-refractivity contribution is -0.116. The summed E-state index contributed by atoms with van der Waals surface area (Å²) in [6, 6.07) is 7.51. The highest BCUT2D eigenvalue weighted by Gasteiger charge is 2.21. The SMILES string of the molecule is COc1nn(C)cc1C(=O)N(C)CC(=O)Nc1ccc(SC)cc1. The highest BCUT2D eigenvalue weighted by molar-refractivity contribution is 7.98. The zero-order chi connectivity index (χ0) is 17.7. The maximum absolute atomic E-state index is 12.4. The molecule has 0 atom stereocenters. The van der Waals surface area contributed by atoms with Gasteiger partial charge in [0.15, 0.2) is 0 Å². The number of anilines is 1. The normalized spacial score (nSPS) is 10.3. The second kappa shape index (κ2) is 7.87. The van der Waals surface area contributed by atoms with Crippen LogP contribution in [0.15, 0.2) is 35.4 Å². The van der Waals surface area contributed by atoms with Crippen LogP contribution >= 0.6 is 11.8 Å². The number of hydrogen-bond acceptors (Lipinski definition) is 5. The fourth-order valence-corrected chi connectivity index (χ4v) is 2.54. The van der Waals surface area contributed by atoms with Crippen molar-refractivity contribution in [2.45, 2.75) is 4.90 Å². The molecule has 8 heteroatoms. The Bertz CT molecular complexity index is 727. The van der Waals surface area contributed by atoms with Gasteiger partial charge >= 0.3 is 0 Å². The minimum atomic E-state index is -0.326. The second-order valence-electron chi connectivity index (χ2n) is 5.16. The quantitative estimate of drug-likeness (QED) is 0.807. The van der Waals surface area contributed by atoms with Crippen LogP contribution in [0.2, 0.25) is 0 Å². The summed E-state index contributed by atoms with van der Waals surface area (Å²) in [6.07, 6.45) is 3.55. The van der Waals surface area contributed by atoms with Crippen LogP contribution < -0.4 is 10.1 Å². The number of ether oxygens (including phenoxy) is 1. The Balaban J connectivity index is 1.98. The largest absolute Gasteiger partial charge is 0.479 e. The van der Waals surface area contributed by atoms with E-state index in [4.69, 9.17) is 4.74 Å². The topological polar surface area (TPSA) is 76.5 Å². The number of methoxy groups -OCH3 is 1. The van der Waals surface area contributed by atoms with E-state index in [0.29, 0.717) is 11.3 Å². The van der Waals surface area contributed by atoms with Crippen molar-refractivity contribution in [3.05, 3.63) is 36.0 Å². The van der Waals surface area contributed by atoms with E-state index in [9.17, 15) is 9.59 Å². The molecule has 0 spiro atoms. The number of thioether (sulfide) groups is 1. The van der Waals surface area contributed by atoms with Crippen molar-refractivity contribution in [2.75, 3.05) is 32.3 Å². The van der Waals surface area contributed by atoms with Crippen LogP contribution in [0.3, 0.4) is 0 Å². The predicted molar refractivity (Wildman–Crippen MR) is 93.6 cm³/mol. The summed E-state index contributed by atoms with van der Waals surface area (Å²) in [6.45, 7) is -0.0683. The molecule has 2 rings (SSSR count). The Morgan fingerprint density at radius 1 is 1.33 bits per heavy atom. The zero-order valence-electron chi connectivity index (χ0n) is 14.1. The van der Waals surface area contributed by atoms with Gasteiger partial charge in [0, 0.05) is 30.9 Å². The van der Waals surface area contributed by atoms with Crippen molar-refractivity contribution >= 4 is 29.3 Å². The highest BCUT2D eigenvalue weighted by Crippen LogP contribution is 2.18. The third-order valence-electron chi connectivity index (χ3n) is 3.32. The lowest BCUT2D eigenvalue weighted by Crippen LogP contribution is -2.35. The van der Waals surface area contributed by atoms with Crippen LogP contribution in [0.1, 0.15) is 10.4 Å². The Morgan fingerprint density at radius 3 is 2.58 bits per heavy atom. The van der Waals surface area contributed by atoms with Gasteiger partial charge in [-0.25, -0.2) is 0 Å². The molecule has 0 aliphatic heterocycles. The minimum absolute atomic E-state index is 0.0683. The average molecular weight is 348 g/mol. The van der Waals surface area contributed by atoms with Crippen molar-refractivity contribution in [3.63, 3.8) is 0 Å². The van der Waals surface area contributed by atoms with Gasteiger partial charge in [-0.2, -0.15) is 0 Å². The van der Waals surface area contributed by atoms with Gasteiger partial charge in [-0.15, -0.1) is 16.9 Å². The van der Waals surface area contributed by atoms with Crippen molar-refractivity contribution in [1.82, 2.24) is 14.7 Å². The van der Waals surface area contributed by atoms with E-state index in [1.807, 2.05) is 30.5 Å². The molecule has 2 amide bonds. The zero-order valence-corrected chi connectivity index (χ0v) is 14.9. The van der Waals surface area contributed by atoms with Crippen molar-refractivity contribution in [2.24, 2.45) is 7.05 Å². The molecule has 0 unspecified atom stereocenters. The number of hydrogen-bond donors (Lipinski definition) is 1.